The summed E-state index contributed by atoms with van der Waals surface area (Å²) in [6, 6.07) is 0. The summed E-state index contributed by atoms with van der Waals surface area (Å²) >= 11 is 0. The third-order valence-corrected chi connectivity index (χ3v) is 8.12. The summed E-state index contributed by atoms with van der Waals surface area (Å²) in [6.45, 7) is 11.1. The van der Waals surface area contributed by atoms with Crippen LogP contribution in [0, 0.1) is 0 Å². The van der Waals surface area contributed by atoms with Gasteiger partial charge in [0.15, 0.2) is 16.6 Å². The smallest absolute Gasteiger partial charge is 0.419 e. The van der Waals surface area contributed by atoms with E-state index in [4.69, 9.17) is 8.43 Å². The fourth-order valence-electron chi connectivity index (χ4n) is 0.926. The molecular formula is C8H21O5PSi2. The molecule has 0 amide bonds. The maximum Gasteiger partial charge on any atom is 0.419 e. The van der Waals surface area contributed by atoms with Crippen LogP contribution in [0.3, 0.4) is 0 Å². The topological polar surface area (TPSA) is 61.8 Å². The molecule has 0 radical (unpaired) electrons. The zero-order chi connectivity index (χ0) is 13.2. The molecule has 0 atom stereocenters. The highest BCUT2D eigenvalue weighted by atomic mass is 31.2. The molecule has 0 saturated carbocycles. The Balaban J connectivity index is 5.07. The fraction of sp³-hybridized carbons (Fsp3) is 0.875. The van der Waals surface area contributed by atoms with Gasteiger partial charge in [-0.05, 0) is 39.3 Å². The van der Waals surface area contributed by atoms with E-state index in [0.717, 1.165) is 0 Å². The predicted molar refractivity (Wildman–Crippen MR) is 68.9 cm³/mol. The number of hydrogen-bond donors (Lipinski definition) is 0. The van der Waals surface area contributed by atoms with Gasteiger partial charge in [0.25, 0.3) is 0 Å². The predicted octanol–water partition coefficient (Wildman–Crippen LogP) is 3.65. The van der Waals surface area contributed by atoms with Crippen molar-refractivity contribution in [1.82, 2.24) is 0 Å². The number of rotatable bonds is 5. The van der Waals surface area contributed by atoms with E-state index in [-0.39, 0.29) is 0 Å². The third-order valence-electron chi connectivity index (χ3n) is 1.19. The van der Waals surface area contributed by atoms with Gasteiger partial charge in [0.2, 0.25) is 0 Å². The second-order valence-electron chi connectivity index (χ2n) is 5.37. The van der Waals surface area contributed by atoms with Gasteiger partial charge in [-0.2, -0.15) is 0 Å². The molecule has 0 unspecified atom stereocenters. The van der Waals surface area contributed by atoms with Gasteiger partial charge in [0, 0.05) is 0 Å². The molecule has 0 aromatic heterocycles. The Labute approximate surface area is 99.3 Å². The highest BCUT2D eigenvalue weighted by molar-refractivity contribution is 7.73. The van der Waals surface area contributed by atoms with Crippen LogP contribution in [-0.2, 0) is 17.7 Å². The normalized spacial score (nSPS) is 13.7. The van der Waals surface area contributed by atoms with E-state index in [1.54, 1.807) is 0 Å². The number of ether oxygens (including phenoxy) is 1. The molecule has 5 nitrogen and oxygen atoms in total. The molecule has 0 rings (SSSR count). The first kappa shape index (κ1) is 16.1. The molecule has 0 aliphatic heterocycles. The van der Waals surface area contributed by atoms with E-state index in [9.17, 15) is 9.36 Å². The Morgan fingerprint density at radius 3 is 1.44 bits per heavy atom. The van der Waals surface area contributed by atoms with E-state index >= 15 is 0 Å². The van der Waals surface area contributed by atoms with Crippen LogP contribution in [0.2, 0.25) is 39.3 Å². The molecule has 0 fully saturated rings. The second kappa shape index (κ2) is 5.14. The standard InChI is InChI=1S/C8H21O5PSi2/c1-11-8(9)14(10,12-15(2,3)4)13-16(5,6)7/h1-7H3. The molecule has 0 aromatic rings. The van der Waals surface area contributed by atoms with E-state index in [1.165, 1.54) is 7.11 Å². The van der Waals surface area contributed by atoms with Crippen LogP contribution in [0.5, 0.6) is 0 Å². The van der Waals surface area contributed by atoms with Gasteiger partial charge in [0.1, 0.15) is 0 Å². The minimum Gasteiger partial charge on any atom is -0.460 e. The number of carbonyl (C=O) groups excluding carboxylic acids is 1. The minimum atomic E-state index is -3.79. The lowest BCUT2D eigenvalue weighted by Crippen LogP contribution is -2.32. The van der Waals surface area contributed by atoms with Crippen LogP contribution in [0.25, 0.3) is 0 Å². The summed E-state index contributed by atoms with van der Waals surface area (Å²) in [5.74, 6) is 0. The largest absolute Gasteiger partial charge is 0.460 e. The van der Waals surface area contributed by atoms with Crippen molar-refractivity contribution in [3.05, 3.63) is 0 Å². The summed E-state index contributed by atoms with van der Waals surface area (Å²) < 4.78 is 27.6. The molecule has 0 aromatic carbocycles. The first-order valence-corrected chi connectivity index (χ1v) is 13.4. The maximum atomic E-state index is 12.3. The molecule has 0 bridgehead atoms. The molecular weight excluding hydrogens is 263 g/mol. The molecule has 96 valence electrons. The lowest BCUT2D eigenvalue weighted by Gasteiger charge is -2.28. The molecule has 0 aliphatic carbocycles. The van der Waals surface area contributed by atoms with Crippen LogP contribution in [0.4, 0.5) is 4.79 Å². The molecule has 8 heteroatoms. The van der Waals surface area contributed by atoms with Crippen molar-refractivity contribution in [3.63, 3.8) is 0 Å². The zero-order valence-corrected chi connectivity index (χ0v) is 13.9. The van der Waals surface area contributed by atoms with Crippen LogP contribution in [-0.4, -0.2) is 29.5 Å². The third kappa shape index (κ3) is 5.95. The van der Waals surface area contributed by atoms with Gasteiger partial charge in [-0.25, -0.2) is 9.36 Å². The summed E-state index contributed by atoms with van der Waals surface area (Å²) in [4.78, 5) is 11.5. The van der Waals surface area contributed by atoms with Crippen molar-refractivity contribution >= 4 is 29.9 Å². The van der Waals surface area contributed by atoms with Gasteiger partial charge in [-0.15, -0.1) is 0 Å². The first-order chi connectivity index (χ1) is 6.90. The number of hydrogen-bond acceptors (Lipinski definition) is 5. The van der Waals surface area contributed by atoms with Crippen molar-refractivity contribution in [3.8, 4) is 0 Å². The Morgan fingerprint density at radius 1 is 0.938 bits per heavy atom. The maximum absolute atomic E-state index is 12.3. The van der Waals surface area contributed by atoms with Gasteiger partial charge < -0.3 is 13.2 Å². The van der Waals surface area contributed by atoms with Gasteiger partial charge >= 0.3 is 13.3 Å². The van der Waals surface area contributed by atoms with Crippen molar-refractivity contribution < 1.29 is 22.5 Å². The Morgan fingerprint density at radius 2 is 1.25 bits per heavy atom. The molecule has 0 N–H and O–H groups in total. The van der Waals surface area contributed by atoms with E-state index in [0.29, 0.717) is 0 Å². The van der Waals surface area contributed by atoms with Crippen LogP contribution in [0.15, 0.2) is 0 Å². The summed E-state index contributed by atoms with van der Waals surface area (Å²) in [6.07, 6.45) is 0. The van der Waals surface area contributed by atoms with Crippen molar-refractivity contribution in [2.45, 2.75) is 39.3 Å². The molecule has 0 heterocycles. The van der Waals surface area contributed by atoms with Gasteiger partial charge in [-0.1, -0.05) is 0 Å². The van der Waals surface area contributed by atoms with Crippen LogP contribution >= 0.6 is 7.60 Å². The molecule has 0 aliphatic rings. The van der Waals surface area contributed by atoms with Crippen LogP contribution in [0.1, 0.15) is 0 Å². The lowest BCUT2D eigenvalue weighted by molar-refractivity contribution is 0.188. The summed E-state index contributed by atoms with van der Waals surface area (Å²) in [7, 11) is -6.89. The highest BCUT2D eigenvalue weighted by Gasteiger charge is 2.44. The Kier molecular flexibility index (Phi) is 5.16. The SMILES string of the molecule is COC(=O)P(=O)(O[Si](C)(C)C)O[Si](C)(C)C. The zero-order valence-electron chi connectivity index (χ0n) is 11.0. The quantitative estimate of drug-likeness (QED) is 0.569. The van der Waals surface area contributed by atoms with Gasteiger partial charge in [-0.3, -0.25) is 0 Å². The Hall–Kier alpha value is 0.0538. The first-order valence-electron chi connectivity index (χ1n) is 5.00. The van der Waals surface area contributed by atoms with Crippen molar-refractivity contribution in [2.75, 3.05) is 7.11 Å². The average molecular weight is 284 g/mol. The average Bonchev–Trinajstić information content (AvgIpc) is 1.95. The number of methoxy groups -OCH3 is 1. The molecule has 0 spiro atoms. The second-order valence-corrected chi connectivity index (χ2v) is 16.6. The van der Waals surface area contributed by atoms with Crippen LogP contribution < -0.4 is 0 Å². The molecule has 0 saturated heterocycles. The van der Waals surface area contributed by atoms with E-state index in [2.05, 4.69) is 4.74 Å². The van der Waals surface area contributed by atoms with Crippen molar-refractivity contribution in [1.29, 1.82) is 0 Å². The van der Waals surface area contributed by atoms with E-state index < -0.39 is 29.9 Å². The lowest BCUT2D eigenvalue weighted by atomic mass is 11.5. The fourth-order valence-corrected chi connectivity index (χ4v) is 8.00. The monoisotopic (exact) mass is 284 g/mol. The van der Waals surface area contributed by atoms with Gasteiger partial charge in [0.05, 0.1) is 7.11 Å². The summed E-state index contributed by atoms with van der Waals surface area (Å²) in [5.41, 5.74) is -0.905. The molecule has 16 heavy (non-hydrogen) atoms. The number of carbonyl (C=O) groups is 1. The van der Waals surface area contributed by atoms with E-state index in [1.807, 2.05) is 39.3 Å². The Bertz CT molecular complexity index is 285. The van der Waals surface area contributed by atoms with Crippen molar-refractivity contribution in [2.24, 2.45) is 0 Å². The summed E-state index contributed by atoms with van der Waals surface area (Å²) in [5, 5.41) is 0. The minimum absolute atomic E-state index is 0.905. The highest BCUT2D eigenvalue weighted by Crippen LogP contribution is 2.54.